The highest BCUT2D eigenvalue weighted by atomic mass is 16.2. The molecule has 4 rings (SSSR count). The van der Waals surface area contributed by atoms with Gasteiger partial charge in [0.1, 0.15) is 0 Å². The van der Waals surface area contributed by atoms with E-state index in [1.807, 2.05) is 0 Å². The summed E-state index contributed by atoms with van der Waals surface area (Å²) in [4.78, 5) is 50.8. The van der Waals surface area contributed by atoms with E-state index in [0.717, 1.165) is 16.5 Å². The average Bonchev–Trinajstić information content (AvgIpc) is 2.97. The normalized spacial score (nSPS) is 16.2. The van der Waals surface area contributed by atoms with Crippen LogP contribution in [-0.4, -0.2) is 33.4 Å². The minimum absolute atomic E-state index is 0.255. The molecule has 0 saturated carbocycles. The topological polar surface area (TPSA) is 74.8 Å². The maximum atomic E-state index is 12.3. The maximum Gasteiger partial charge on any atom is 0.263 e. The number of hydrogen-bond donors (Lipinski definition) is 0. The van der Waals surface area contributed by atoms with Gasteiger partial charge >= 0.3 is 0 Å². The van der Waals surface area contributed by atoms with Gasteiger partial charge in [-0.05, 0) is 24.3 Å². The van der Waals surface area contributed by atoms with E-state index >= 15 is 0 Å². The molecular weight excluding hydrogens is 296 g/mol. The fraction of sp³-hybridized carbons (Fsp3) is 0. The summed E-state index contributed by atoms with van der Waals surface area (Å²) < 4.78 is 0. The summed E-state index contributed by atoms with van der Waals surface area (Å²) in [6, 6.07) is 12.7. The van der Waals surface area contributed by atoms with Gasteiger partial charge in [0.15, 0.2) is 6.67 Å². The van der Waals surface area contributed by atoms with E-state index < -0.39 is 23.6 Å². The van der Waals surface area contributed by atoms with Crippen molar-refractivity contribution in [2.75, 3.05) is 0 Å². The molecule has 4 amide bonds. The number of rotatable bonds is 2. The molecule has 0 saturated heterocycles. The molecular formula is C17H9N2O4. The van der Waals surface area contributed by atoms with Crippen LogP contribution in [0.5, 0.6) is 0 Å². The van der Waals surface area contributed by atoms with Crippen LogP contribution in [0.15, 0.2) is 48.5 Å². The SMILES string of the molecule is O=C1c2ccccc2C(=O)N1[CH]N1C(=O)c2ccccc2C1=O. The van der Waals surface area contributed by atoms with Crippen molar-refractivity contribution in [3.63, 3.8) is 0 Å². The molecule has 0 fully saturated rings. The summed E-state index contributed by atoms with van der Waals surface area (Å²) in [5, 5.41) is 0. The van der Waals surface area contributed by atoms with Crippen molar-refractivity contribution in [3.05, 3.63) is 77.5 Å². The Bertz CT molecular complexity index is 759. The summed E-state index contributed by atoms with van der Waals surface area (Å²) in [6.07, 6.45) is 0. The fourth-order valence-electron chi connectivity index (χ4n) is 2.74. The lowest BCUT2D eigenvalue weighted by Gasteiger charge is -2.19. The van der Waals surface area contributed by atoms with Crippen molar-refractivity contribution in [2.45, 2.75) is 0 Å². The van der Waals surface area contributed by atoms with Crippen molar-refractivity contribution < 1.29 is 19.2 Å². The zero-order chi connectivity index (χ0) is 16.1. The number of imide groups is 2. The molecule has 2 heterocycles. The maximum absolute atomic E-state index is 12.3. The molecule has 2 aromatic carbocycles. The van der Waals surface area contributed by atoms with E-state index in [4.69, 9.17) is 0 Å². The molecule has 0 unspecified atom stereocenters. The Labute approximate surface area is 130 Å². The second-order valence-electron chi connectivity index (χ2n) is 5.17. The lowest BCUT2D eigenvalue weighted by Crippen LogP contribution is -2.39. The molecule has 1 radical (unpaired) electrons. The smallest absolute Gasteiger partial charge is 0.263 e. The van der Waals surface area contributed by atoms with Gasteiger partial charge in [0.05, 0.1) is 22.3 Å². The average molecular weight is 305 g/mol. The summed E-state index contributed by atoms with van der Waals surface area (Å²) in [6.45, 7) is 0.981. The van der Waals surface area contributed by atoms with Crippen molar-refractivity contribution in [3.8, 4) is 0 Å². The van der Waals surface area contributed by atoms with E-state index in [0.29, 0.717) is 0 Å². The molecule has 0 atom stereocenters. The Morgan fingerprint density at radius 2 is 0.783 bits per heavy atom. The lowest BCUT2D eigenvalue weighted by atomic mass is 10.1. The Hall–Kier alpha value is -3.28. The zero-order valence-corrected chi connectivity index (χ0v) is 11.7. The molecule has 6 heteroatoms. The van der Waals surface area contributed by atoms with E-state index in [9.17, 15) is 19.2 Å². The second-order valence-corrected chi connectivity index (χ2v) is 5.17. The first-order valence-electron chi connectivity index (χ1n) is 6.88. The van der Waals surface area contributed by atoms with Crippen LogP contribution in [0.2, 0.25) is 0 Å². The molecule has 23 heavy (non-hydrogen) atoms. The van der Waals surface area contributed by atoms with Gasteiger partial charge in [-0.1, -0.05) is 24.3 Å². The van der Waals surface area contributed by atoms with Crippen LogP contribution < -0.4 is 0 Å². The van der Waals surface area contributed by atoms with Crippen LogP contribution in [0, 0.1) is 6.67 Å². The van der Waals surface area contributed by atoms with Crippen LogP contribution in [-0.2, 0) is 0 Å². The van der Waals surface area contributed by atoms with Crippen LogP contribution in [0.25, 0.3) is 0 Å². The van der Waals surface area contributed by atoms with Crippen molar-refractivity contribution in [2.24, 2.45) is 0 Å². The summed E-state index contributed by atoms with van der Waals surface area (Å²) in [7, 11) is 0. The number of hydrogen-bond acceptors (Lipinski definition) is 4. The van der Waals surface area contributed by atoms with Gasteiger partial charge in [-0.15, -0.1) is 0 Å². The van der Waals surface area contributed by atoms with Gasteiger partial charge in [-0.25, -0.2) is 9.80 Å². The third-order valence-corrected chi connectivity index (χ3v) is 3.88. The van der Waals surface area contributed by atoms with Gasteiger partial charge in [0.25, 0.3) is 23.6 Å². The van der Waals surface area contributed by atoms with Crippen LogP contribution in [0.4, 0.5) is 0 Å². The van der Waals surface area contributed by atoms with Gasteiger partial charge in [0, 0.05) is 0 Å². The van der Waals surface area contributed by atoms with E-state index in [1.54, 1.807) is 24.3 Å². The Kier molecular flexibility index (Phi) is 2.68. The van der Waals surface area contributed by atoms with Crippen LogP contribution in [0.3, 0.4) is 0 Å². The highest BCUT2D eigenvalue weighted by molar-refractivity contribution is 6.24. The zero-order valence-electron chi connectivity index (χ0n) is 11.7. The number of benzene rings is 2. The molecule has 2 aromatic rings. The molecule has 0 bridgehead atoms. The van der Waals surface area contributed by atoms with Gasteiger partial charge < -0.3 is 0 Å². The first-order valence-corrected chi connectivity index (χ1v) is 6.88. The number of carbonyl (C=O) groups excluding carboxylic acids is 4. The molecule has 2 aliphatic heterocycles. The van der Waals surface area contributed by atoms with Gasteiger partial charge in [-0.2, -0.15) is 0 Å². The molecule has 0 aromatic heterocycles. The van der Waals surface area contributed by atoms with Crippen LogP contribution in [0.1, 0.15) is 41.4 Å². The minimum atomic E-state index is -0.554. The quantitative estimate of drug-likeness (QED) is 0.791. The summed E-state index contributed by atoms with van der Waals surface area (Å²) in [5.74, 6) is -2.21. The Morgan fingerprint density at radius 3 is 1.04 bits per heavy atom. The molecule has 0 N–H and O–H groups in total. The number of carbonyl (C=O) groups is 4. The Balaban J connectivity index is 1.66. The van der Waals surface area contributed by atoms with Crippen molar-refractivity contribution in [1.82, 2.24) is 9.80 Å². The third-order valence-electron chi connectivity index (χ3n) is 3.88. The highest BCUT2D eigenvalue weighted by Crippen LogP contribution is 2.28. The van der Waals surface area contributed by atoms with E-state index in [2.05, 4.69) is 0 Å². The molecule has 6 nitrogen and oxygen atoms in total. The molecule has 0 spiro atoms. The van der Waals surface area contributed by atoms with Crippen LogP contribution >= 0.6 is 0 Å². The fourth-order valence-corrected chi connectivity index (χ4v) is 2.74. The number of fused-ring (bicyclic) bond motifs is 2. The van der Waals surface area contributed by atoms with Crippen molar-refractivity contribution >= 4 is 23.6 Å². The number of amides is 4. The minimum Gasteiger partial charge on any atom is -0.268 e. The predicted molar refractivity (Wildman–Crippen MR) is 78.2 cm³/mol. The highest BCUT2D eigenvalue weighted by Gasteiger charge is 2.42. The summed E-state index contributed by atoms with van der Waals surface area (Å²) >= 11 is 0. The standard InChI is InChI=1S/C17H9N2O4/c20-14-10-5-1-2-6-11(10)15(21)18(14)9-19-16(22)12-7-3-4-8-13(12)17(19)23/h1-9H. The molecule has 111 valence electrons. The monoisotopic (exact) mass is 305 g/mol. The Morgan fingerprint density at radius 1 is 0.522 bits per heavy atom. The van der Waals surface area contributed by atoms with E-state index in [1.165, 1.54) is 24.3 Å². The number of nitrogens with zero attached hydrogens (tertiary/aromatic N) is 2. The first-order chi connectivity index (χ1) is 11.1. The third kappa shape index (κ3) is 1.75. The first kappa shape index (κ1) is 13.4. The van der Waals surface area contributed by atoms with Crippen molar-refractivity contribution in [1.29, 1.82) is 0 Å². The summed E-state index contributed by atoms with van der Waals surface area (Å²) in [5.41, 5.74) is 1.02. The predicted octanol–water partition coefficient (Wildman–Crippen LogP) is 1.70. The van der Waals surface area contributed by atoms with Gasteiger partial charge in [-0.3, -0.25) is 19.2 Å². The largest absolute Gasteiger partial charge is 0.268 e. The molecule has 0 aliphatic carbocycles. The van der Waals surface area contributed by atoms with E-state index in [-0.39, 0.29) is 22.3 Å². The lowest BCUT2D eigenvalue weighted by molar-refractivity contribution is 0.0565. The molecule has 2 aliphatic rings. The second kappa shape index (κ2) is 4.61. The van der Waals surface area contributed by atoms with Gasteiger partial charge in [0.2, 0.25) is 0 Å².